The molecule has 2 bridgehead atoms. The Balaban J connectivity index is 2.30. The summed E-state index contributed by atoms with van der Waals surface area (Å²) in [7, 11) is 0. The Bertz CT molecular complexity index is 266. The van der Waals surface area contributed by atoms with Gasteiger partial charge in [-0.1, -0.05) is 12.2 Å². The van der Waals surface area contributed by atoms with Crippen LogP contribution in [0.1, 0.15) is 6.42 Å². The predicted molar refractivity (Wildman–Crippen MR) is 43.0 cm³/mol. The molecule has 2 aliphatic carbocycles. The molecule has 0 spiro atoms. The number of carbonyl (C=O) groups is 2. The van der Waals surface area contributed by atoms with E-state index in [0.29, 0.717) is 6.42 Å². The monoisotopic (exact) mass is 182 g/mol. The Morgan fingerprint density at radius 1 is 1.00 bits per heavy atom. The van der Waals surface area contributed by atoms with E-state index in [1.165, 1.54) is 0 Å². The molecule has 4 atom stereocenters. The molecule has 0 radical (unpaired) electrons. The minimum absolute atomic E-state index is 0.0661. The van der Waals surface area contributed by atoms with Gasteiger partial charge in [0.25, 0.3) is 0 Å². The van der Waals surface area contributed by atoms with Crippen LogP contribution in [0.3, 0.4) is 0 Å². The fourth-order valence-electron chi connectivity index (χ4n) is 2.50. The number of fused-ring (bicyclic) bond motifs is 2. The molecule has 1 unspecified atom stereocenters. The van der Waals surface area contributed by atoms with Crippen molar-refractivity contribution in [3.05, 3.63) is 12.2 Å². The third kappa shape index (κ3) is 1.05. The first-order valence-corrected chi connectivity index (χ1v) is 4.25. The molecule has 0 amide bonds. The molecule has 2 N–H and O–H groups in total. The molecular weight excluding hydrogens is 172 g/mol. The van der Waals surface area contributed by atoms with Crippen LogP contribution in [0.4, 0.5) is 0 Å². The fraction of sp³-hybridized carbons (Fsp3) is 0.556. The molecular formula is C9H10O4. The summed E-state index contributed by atoms with van der Waals surface area (Å²) >= 11 is 0. The molecule has 1 saturated carbocycles. The van der Waals surface area contributed by atoms with Crippen molar-refractivity contribution in [1.82, 2.24) is 0 Å². The lowest BCUT2D eigenvalue weighted by Crippen LogP contribution is -2.32. The maximum Gasteiger partial charge on any atom is 0.307 e. The number of rotatable bonds is 2. The molecule has 2 aliphatic rings. The molecule has 70 valence electrons. The van der Waals surface area contributed by atoms with Gasteiger partial charge in [0.1, 0.15) is 0 Å². The highest BCUT2D eigenvalue weighted by Gasteiger charge is 2.51. The van der Waals surface area contributed by atoms with Gasteiger partial charge in [-0.05, 0) is 18.3 Å². The number of hydrogen-bond donors (Lipinski definition) is 2. The van der Waals surface area contributed by atoms with Crippen LogP contribution in [-0.4, -0.2) is 22.2 Å². The second kappa shape index (κ2) is 2.58. The van der Waals surface area contributed by atoms with E-state index in [-0.39, 0.29) is 11.8 Å². The zero-order chi connectivity index (χ0) is 9.59. The minimum Gasteiger partial charge on any atom is -0.481 e. The molecule has 0 aromatic heterocycles. The number of carboxylic acid groups (broad SMARTS) is 2. The van der Waals surface area contributed by atoms with E-state index in [9.17, 15) is 9.59 Å². The van der Waals surface area contributed by atoms with Crippen LogP contribution in [0, 0.1) is 23.7 Å². The highest BCUT2D eigenvalue weighted by atomic mass is 16.4. The van der Waals surface area contributed by atoms with Gasteiger partial charge in [0.2, 0.25) is 0 Å². The summed E-state index contributed by atoms with van der Waals surface area (Å²) in [6, 6.07) is 0. The maximum atomic E-state index is 10.8. The van der Waals surface area contributed by atoms with Gasteiger partial charge in [-0.25, -0.2) is 0 Å². The minimum atomic E-state index is -0.982. The van der Waals surface area contributed by atoms with Gasteiger partial charge in [-0.3, -0.25) is 9.59 Å². The molecule has 0 aromatic rings. The molecule has 0 heterocycles. The van der Waals surface area contributed by atoms with Gasteiger partial charge in [-0.15, -0.1) is 0 Å². The molecule has 0 saturated heterocycles. The SMILES string of the molecule is O=C(O)C1[C@H]2C=C[C@H](C2)[C@H]1C(=O)O. The van der Waals surface area contributed by atoms with Crippen LogP contribution in [0.2, 0.25) is 0 Å². The van der Waals surface area contributed by atoms with Gasteiger partial charge < -0.3 is 10.2 Å². The predicted octanol–water partition coefficient (Wildman–Crippen LogP) is 0.594. The quantitative estimate of drug-likeness (QED) is 0.613. The lowest BCUT2D eigenvalue weighted by atomic mass is 9.83. The fourth-order valence-corrected chi connectivity index (χ4v) is 2.50. The van der Waals surface area contributed by atoms with Crippen molar-refractivity contribution in [2.75, 3.05) is 0 Å². The molecule has 2 rings (SSSR count). The van der Waals surface area contributed by atoms with Gasteiger partial charge in [-0.2, -0.15) is 0 Å². The summed E-state index contributed by atoms with van der Waals surface area (Å²) in [5.41, 5.74) is 0. The largest absolute Gasteiger partial charge is 0.481 e. The van der Waals surface area contributed by atoms with Gasteiger partial charge in [0.15, 0.2) is 0 Å². The summed E-state index contributed by atoms with van der Waals surface area (Å²) in [6.07, 6.45) is 4.36. The number of hydrogen-bond acceptors (Lipinski definition) is 2. The van der Waals surface area contributed by atoms with Gasteiger partial charge in [0.05, 0.1) is 11.8 Å². The van der Waals surface area contributed by atoms with Crippen molar-refractivity contribution in [2.24, 2.45) is 23.7 Å². The van der Waals surface area contributed by atoms with Gasteiger partial charge >= 0.3 is 11.9 Å². The van der Waals surface area contributed by atoms with Crippen molar-refractivity contribution in [3.8, 4) is 0 Å². The van der Waals surface area contributed by atoms with E-state index in [4.69, 9.17) is 10.2 Å². The van der Waals surface area contributed by atoms with Crippen LogP contribution in [0.5, 0.6) is 0 Å². The highest BCUT2D eigenvalue weighted by Crippen LogP contribution is 2.48. The van der Waals surface area contributed by atoms with Gasteiger partial charge in [0, 0.05) is 0 Å². The highest BCUT2D eigenvalue weighted by molar-refractivity contribution is 5.82. The second-order valence-electron chi connectivity index (χ2n) is 3.68. The number of carboxylic acids is 2. The summed E-state index contributed by atoms with van der Waals surface area (Å²) in [6.45, 7) is 0. The van der Waals surface area contributed by atoms with Crippen molar-refractivity contribution >= 4 is 11.9 Å². The van der Waals surface area contributed by atoms with Crippen molar-refractivity contribution in [1.29, 1.82) is 0 Å². The smallest absolute Gasteiger partial charge is 0.307 e. The van der Waals surface area contributed by atoms with E-state index in [1.54, 1.807) is 0 Å². The molecule has 4 nitrogen and oxygen atoms in total. The van der Waals surface area contributed by atoms with E-state index < -0.39 is 23.8 Å². The third-order valence-corrected chi connectivity index (χ3v) is 3.03. The van der Waals surface area contributed by atoms with E-state index in [1.807, 2.05) is 12.2 Å². The first-order chi connectivity index (χ1) is 6.11. The van der Waals surface area contributed by atoms with Crippen LogP contribution in [0.25, 0.3) is 0 Å². The van der Waals surface area contributed by atoms with Crippen LogP contribution >= 0.6 is 0 Å². The Labute approximate surface area is 74.9 Å². The second-order valence-corrected chi connectivity index (χ2v) is 3.68. The van der Waals surface area contributed by atoms with Crippen molar-refractivity contribution < 1.29 is 19.8 Å². The molecule has 0 aliphatic heterocycles. The maximum absolute atomic E-state index is 10.8. The normalized spacial score (nSPS) is 40.9. The summed E-state index contributed by atoms with van der Waals surface area (Å²) < 4.78 is 0. The first kappa shape index (κ1) is 8.29. The Kier molecular flexibility index (Phi) is 1.65. The van der Waals surface area contributed by atoms with E-state index in [0.717, 1.165) is 0 Å². The Morgan fingerprint density at radius 3 is 1.69 bits per heavy atom. The van der Waals surface area contributed by atoms with E-state index in [2.05, 4.69) is 0 Å². The lowest BCUT2D eigenvalue weighted by Gasteiger charge is -2.20. The zero-order valence-corrected chi connectivity index (χ0v) is 6.88. The summed E-state index contributed by atoms with van der Waals surface area (Å²) in [5.74, 6) is -3.53. The Hall–Kier alpha value is -1.32. The van der Waals surface area contributed by atoms with Crippen LogP contribution < -0.4 is 0 Å². The third-order valence-electron chi connectivity index (χ3n) is 3.03. The summed E-state index contributed by atoms with van der Waals surface area (Å²) in [5, 5.41) is 17.7. The molecule has 13 heavy (non-hydrogen) atoms. The number of allylic oxidation sites excluding steroid dienone is 2. The first-order valence-electron chi connectivity index (χ1n) is 4.25. The zero-order valence-electron chi connectivity index (χ0n) is 6.88. The number of aliphatic carboxylic acids is 2. The van der Waals surface area contributed by atoms with Crippen LogP contribution in [0.15, 0.2) is 12.2 Å². The topological polar surface area (TPSA) is 74.6 Å². The average Bonchev–Trinajstić information content (AvgIpc) is 2.60. The average molecular weight is 182 g/mol. The van der Waals surface area contributed by atoms with Crippen molar-refractivity contribution in [2.45, 2.75) is 6.42 Å². The van der Waals surface area contributed by atoms with E-state index >= 15 is 0 Å². The summed E-state index contributed by atoms with van der Waals surface area (Å²) in [4.78, 5) is 21.6. The molecule has 0 aromatic carbocycles. The van der Waals surface area contributed by atoms with Crippen molar-refractivity contribution in [3.63, 3.8) is 0 Å². The Morgan fingerprint density at radius 2 is 1.38 bits per heavy atom. The molecule has 4 heteroatoms. The lowest BCUT2D eigenvalue weighted by molar-refractivity contribution is -0.154. The molecule has 1 fully saturated rings. The standard InChI is InChI=1S/C9H10O4/c10-8(11)6-4-1-2-5(3-4)7(6)9(12)13/h1-2,4-7H,3H2,(H,10,11)(H,12,13)/t4-,5+,6-,7?/m1/s1. The van der Waals surface area contributed by atoms with Crippen LogP contribution in [-0.2, 0) is 9.59 Å².